The van der Waals surface area contributed by atoms with Crippen molar-refractivity contribution in [1.82, 2.24) is 0 Å². The fraction of sp³-hybridized carbons (Fsp3) is 0.154. The summed E-state index contributed by atoms with van der Waals surface area (Å²) in [5, 5.41) is 3.31. The number of nitrogens with zero attached hydrogens (tertiary/aromatic N) is 1. The third kappa shape index (κ3) is 3.94. The zero-order valence-electron chi connectivity index (χ0n) is 17.8. The maximum Gasteiger partial charge on any atom is 0.300 e. The van der Waals surface area contributed by atoms with Crippen molar-refractivity contribution in [2.75, 3.05) is 17.3 Å². The van der Waals surface area contributed by atoms with Crippen LogP contribution in [0.1, 0.15) is 24.1 Å². The van der Waals surface area contributed by atoms with Crippen LogP contribution in [-0.2, 0) is 9.59 Å². The predicted molar refractivity (Wildman–Crippen MR) is 122 cm³/mol. The summed E-state index contributed by atoms with van der Waals surface area (Å²) in [6.45, 7) is 3.86. The molecule has 0 bridgehead atoms. The van der Waals surface area contributed by atoms with Crippen molar-refractivity contribution in [3.8, 4) is 5.75 Å². The molecule has 1 N–H and O–H groups in total. The van der Waals surface area contributed by atoms with Gasteiger partial charge in [0.15, 0.2) is 0 Å². The largest absolute Gasteiger partial charge is 0.497 e. The van der Waals surface area contributed by atoms with Crippen LogP contribution in [0.25, 0.3) is 0 Å². The van der Waals surface area contributed by atoms with Gasteiger partial charge in [0, 0.05) is 17.1 Å². The van der Waals surface area contributed by atoms with Crippen LogP contribution in [0.4, 0.5) is 11.4 Å². The van der Waals surface area contributed by atoms with Crippen molar-refractivity contribution in [3.05, 3.63) is 101 Å². The zero-order chi connectivity index (χ0) is 22.0. The van der Waals surface area contributed by atoms with Gasteiger partial charge in [-0.1, -0.05) is 48.0 Å². The fourth-order valence-electron chi connectivity index (χ4n) is 3.85. The Bertz CT molecular complexity index is 1130. The number of ketones is 1. The third-order valence-corrected chi connectivity index (χ3v) is 5.44. The Labute approximate surface area is 182 Å². The fourth-order valence-corrected chi connectivity index (χ4v) is 3.85. The Balaban J connectivity index is 1.82. The minimum atomic E-state index is -0.543. The van der Waals surface area contributed by atoms with Crippen molar-refractivity contribution in [2.24, 2.45) is 0 Å². The molecule has 1 heterocycles. The second-order valence-electron chi connectivity index (χ2n) is 7.55. The van der Waals surface area contributed by atoms with Crippen molar-refractivity contribution in [2.45, 2.75) is 19.9 Å². The summed E-state index contributed by atoms with van der Waals surface area (Å²) in [5.41, 5.74) is 4.64. The first-order valence-electron chi connectivity index (χ1n) is 10.1. The van der Waals surface area contributed by atoms with Gasteiger partial charge in [-0.05, 0) is 55.8 Å². The van der Waals surface area contributed by atoms with Gasteiger partial charge in [0.2, 0.25) is 0 Å². The highest BCUT2D eigenvalue weighted by Gasteiger charge is 2.45. The molecule has 1 atom stereocenters. The summed E-state index contributed by atoms with van der Waals surface area (Å²) in [4.78, 5) is 27.9. The molecular formula is C26H24N2O3. The molecule has 4 rings (SSSR count). The van der Waals surface area contributed by atoms with Crippen LogP contribution >= 0.6 is 0 Å². The van der Waals surface area contributed by atoms with Crippen molar-refractivity contribution in [1.29, 1.82) is 0 Å². The molecule has 3 aromatic carbocycles. The standard InChI is InChI=1S/C26H24N2O3/c1-17-9-11-20(12-10-17)27-18(2)23-24(19-7-5-4-6-8-19)28(26(30)25(23)29)21-13-15-22(31-3)16-14-21/h4-16,24,27H,1-3H3. The zero-order valence-corrected chi connectivity index (χ0v) is 17.8. The normalized spacial score (nSPS) is 17.6. The number of amides is 1. The van der Waals surface area contributed by atoms with Gasteiger partial charge in [-0.15, -0.1) is 0 Å². The third-order valence-electron chi connectivity index (χ3n) is 5.44. The maximum absolute atomic E-state index is 13.2. The molecule has 0 saturated carbocycles. The predicted octanol–water partition coefficient (Wildman–Crippen LogP) is 5.05. The number of carbonyl (C=O) groups excluding carboxylic acids is 2. The van der Waals surface area contributed by atoms with Crippen molar-refractivity contribution in [3.63, 3.8) is 0 Å². The van der Waals surface area contributed by atoms with Crippen LogP contribution in [0, 0.1) is 6.92 Å². The molecule has 1 unspecified atom stereocenters. The number of anilines is 2. The van der Waals surface area contributed by atoms with Crippen LogP contribution in [0.5, 0.6) is 5.75 Å². The average Bonchev–Trinajstić information content (AvgIpc) is 3.06. The molecule has 5 heteroatoms. The average molecular weight is 412 g/mol. The molecule has 31 heavy (non-hydrogen) atoms. The lowest BCUT2D eigenvalue weighted by molar-refractivity contribution is -0.132. The second kappa shape index (κ2) is 8.48. The van der Waals surface area contributed by atoms with E-state index >= 15 is 0 Å². The summed E-state index contributed by atoms with van der Waals surface area (Å²) in [7, 11) is 1.59. The Hall–Kier alpha value is -3.86. The van der Waals surface area contributed by atoms with Crippen molar-refractivity contribution < 1.29 is 14.3 Å². The first-order valence-corrected chi connectivity index (χ1v) is 10.1. The van der Waals surface area contributed by atoms with Crippen LogP contribution in [0.3, 0.4) is 0 Å². The highest BCUT2D eigenvalue weighted by atomic mass is 16.5. The monoisotopic (exact) mass is 412 g/mol. The minimum Gasteiger partial charge on any atom is -0.497 e. The van der Waals surface area contributed by atoms with E-state index in [1.54, 1.807) is 36.3 Å². The van der Waals surface area contributed by atoms with E-state index in [4.69, 9.17) is 4.74 Å². The molecule has 156 valence electrons. The van der Waals surface area contributed by atoms with E-state index in [9.17, 15) is 9.59 Å². The Morgan fingerprint density at radius 1 is 0.903 bits per heavy atom. The van der Waals surface area contributed by atoms with E-state index in [0.717, 1.165) is 16.8 Å². The van der Waals surface area contributed by atoms with Gasteiger partial charge in [0.05, 0.1) is 18.7 Å². The van der Waals surface area contributed by atoms with Gasteiger partial charge < -0.3 is 10.1 Å². The smallest absolute Gasteiger partial charge is 0.300 e. The molecule has 5 nitrogen and oxygen atoms in total. The van der Waals surface area contributed by atoms with E-state index in [1.807, 2.05) is 68.4 Å². The van der Waals surface area contributed by atoms with E-state index < -0.39 is 17.7 Å². The SMILES string of the molecule is COc1ccc(N2C(=O)C(=O)C(=C(C)Nc3ccc(C)cc3)C2c2ccccc2)cc1. The van der Waals surface area contributed by atoms with Crippen LogP contribution in [-0.4, -0.2) is 18.8 Å². The number of hydrogen-bond acceptors (Lipinski definition) is 4. The van der Waals surface area contributed by atoms with Gasteiger partial charge in [-0.3, -0.25) is 14.5 Å². The molecule has 0 radical (unpaired) electrons. The van der Waals surface area contributed by atoms with E-state index in [-0.39, 0.29) is 0 Å². The molecule has 1 aliphatic rings. The number of hydrogen-bond donors (Lipinski definition) is 1. The summed E-state index contributed by atoms with van der Waals surface area (Å²) in [6.07, 6.45) is 0. The molecule has 1 aliphatic heterocycles. The number of benzene rings is 3. The first-order chi connectivity index (χ1) is 15.0. The lowest BCUT2D eigenvalue weighted by atomic mass is 9.96. The number of carbonyl (C=O) groups is 2. The number of methoxy groups -OCH3 is 1. The molecule has 0 spiro atoms. The van der Waals surface area contributed by atoms with E-state index in [2.05, 4.69) is 5.32 Å². The number of rotatable bonds is 5. The Morgan fingerprint density at radius 3 is 2.16 bits per heavy atom. The van der Waals surface area contributed by atoms with Gasteiger partial charge in [0.25, 0.3) is 11.7 Å². The highest BCUT2D eigenvalue weighted by Crippen LogP contribution is 2.41. The minimum absolute atomic E-state index is 0.451. The molecule has 1 fully saturated rings. The molecular weight excluding hydrogens is 388 g/mol. The van der Waals surface area contributed by atoms with Gasteiger partial charge in [-0.25, -0.2) is 0 Å². The maximum atomic E-state index is 13.2. The number of nitrogens with one attached hydrogen (secondary N) is 1. The quantitative estimate of drug-likeness (QED) is 0.471. The molecule has 1 amide bonds. The summed E-state index contributed by atoms with van der Waals surface area (Å²) in [5.74, 6) is -0.355. The Kier molecular flexibility index (Phi) is 5.58. The van der Waals surface area contributed by atoms with Gasteiger partial charge >= 0.3 is 0 Å². The van der Waals surface area contributed by atoms with E-state index in [1.165, 1.54) is 0 Å². The molecule has 0 aromatic heterocycles. The molecule has 1 saturated heterocycles. The van der Waals surface area contributed by atoms with Gasteiger partial charge in [0.1, 0.15) is 5.75 Å². The lowest BCUT2D eigenvalue weighted by Gasteiger charge is -2.26. The second-order valence-corrected chi connectivity index (χ2v) is 7.55. The summed E-state index contributed by atoms with van der Waals surface area (Å²) >= 11 is 0. The number of aryl methyl sites for hydroxylation is 1. The lowest BCUT2D eigenvalue weighted by Crippen LogP contribution is -2.29. The van der Waals surface area contributed by atoms with Gasteiger partial charge in [-0.2, -0.15) is 0 Å². The summed E-state index contributed by atoms with van der Waals surface area (Å²) < 4.78 is 5.24. The van der Waals surface area contributed by atoms with Crippen LogP contribution in [0.2, 0.25) is 0 Å². The van der Waals surface area contributed by atoms with Crippen LogP contribution < -0.4 is 15.0 Å². The number of ether oxygens (including phenoxy) is 1. The first kappa shape index (κ1) is 20.4. The van der Waals surface area contributed by atoms with Crippen molar-refractivity contribution >= 4 is 23.1 Å². The highest BCUT2D eigenvalue weighted by molar-refractivity contribution is 6.51. The number of Topliss-reactive ketones (excluding diaryl/α,β-unsaturated/α-hetero) is 1. The van der Waals surface area contributed by atoms with E-state index in [0.29, 0.717) is 22.7 Å². The topological polar surface area (TPSA) is 58.6 Å². The van der Waals surface area contributed by atoms with Crippen LogP contribution in [0.15, 0.2) is 90.1 Å². The number of allylic oxidation sites excluding steroid dienone is 1. The molecule has 0 aliphatic carbocycles. The summed E-state index contributed by atoms with van der Waals surface area (Å²) in [6, 6.07) is 24.2. The molecule has 3 aromatic rings. The Morgan fingerprint density at radius 2 is 1.55 bits per heavy atom.